The Labute approximate surface area is 131 Å². The molecule has 0 amide bonds. The van der Waals surface area contributed by atoms with Crippen molar-refractivity contribution in [2.45, 2.75) is 0 Å². The molecule has 4 rings (SSSR count). The topological polar surface area (TPSA) is 42.9 Å². The van der Waals surface area contributed by atoms with Crippen LogP contribution in [-0.4, -0.2) is 15.8 Å². The molecule has 0 saturated heterocycles. The molecule has 5 heteroatoms. The van der Waals surface area contributed by atoms with Gasteiger partial charge < -0.3 is 0 Å². The molecule has 1 heterocycles. The lowest BCUT2D eigenvalue weighted by Crippen LogP contribution is -2.00. The maximum atomic E-state index is 12.4. The number of rotatable bonds is 0. The van der Waals surface area contributed by atoms with Crippen LogP contribution in [0.4, 0.5) is 0 Å². The normalized spacial score (nSPS) is 12.6. The van der Waals surface area contributed by atoms with Crippen LogP contribution >= 0.6 is 31.9 Å². The van der Waals surface area contributed by atoms with Gasteiger partial charge in [0.1, 0.15) is 22.4 Å². The van der Waals surface area contributed by atoms with Crippen LogP contribution < -0.4 is 0 Å². The van der Waals surface area contributed by atoms with Crippen molar-refractivity contribution in [1.82, 2.24) is 9.97 Å². The molecular weight excluding hydrogens is 384 g/mol. The third-order valence-electron chi connectivity index (χ3n) is 3.37. The van der Waals surface area contributed by atoms with Gasteiger partial charge in [-0.25, -0.2) is 9.97 Å². The van der Waals surface area contributed by atoms with Crippen molar-refractivity contribution in [3.8, 4) is 11.3 Å². The molecule has 96 valence electrons. The van der Waals surface area contributed by atoms with Crippen LogP contribution in [0.2, 0.25) is 0 Å². The molecule has 1 aliphatic carbocycles. The summed E-state index contributed by atoms with van der Waals surface area (Å²) in [5, 5.41) is 0. The summed E-state index contributed by atoms with van der Waals surface area (Å²) in [7, 11) is 0. The average molecular weight is 390 g/mol. The van der Waals surface area contributed by atoms with Crippen LogP contribution in [0.1, 0.15) is 16.1 Å². The van der Waals surface area contributed by atoms with Crippen LogP contribution in [-0.2, 0) is 0 Å². The highest BCUT2D eigenvalue weighted by atomic mass is 79.9. The lowest BCUT2D eigenvalue weighted by molar-refractivity contribution is 0.103. The van der Waals surface area contributed by atoms with Gasteiger partial charge in [-0.3, -0.25) is 4.79 Å². The van der Waals surface area contributed by atoms with E-state index in [-0.39, 0.29) is 5.78 Å². The van der Waals surface area contributed by atoms with Gasteiger partial charge in [0.05, 0.1) is 0 Å². The summed E-state index contributed by atoms with van der Waals surface area (Å²) in [5.41, 5.74) is 4.06. The number of carbonyl (C=O) groups excluding carboxylic acids is 1. The van der Waals surface area contributed by atoms with Crippen molar-refractivity contribution in [3.63, 3.8) is 0 Å². The molecule has 0 bridgehead atoms. The first-order valence-electron chi connectivity index (χ1n) is 5.96. The maximum absolute atomic E-state index is 12.4. The van der Waals surface area contributed by atoms with Gasteiger partial charge in [-0.2, -0.15) is 0 Å². The van der Waals surface area contributed by atoms with Gasteiger partial charge in [-0.1, -0.05) is 24.3 Å². The molecule has 2 aromatic carbocycles. The van der Waals surface area contributed by atoms with E-state index in [0.717, 1.165) is 20.0 Å². The minimum absolute atomic E-state index is 0.0584. The smallest absolute Gasteiger partial charge is 0.214 e. The fourth-order valence-electron chi connectivity index (χ4n) is 2.43. The van der Waals surface area contributed by atoms with Gasteiger partial charge in [-0.05, 0) is 44.0 Å². The summed E-state index contributed by atoms with van der Waals surface area (Å²) in [6, 6.07) is 11.3. The Balaban J connectivity index is 2.16. The molecule has 3 aromatic rings. The van der Waals surface area contributed by atoms with Crippen LogP contribution in [0.25, 0.3) is 22.3 Å². The van der Waals surface area contributed by atoms with E-state index in [1.54, 1.807) is 0 Å². The molecule has 0 unspecified atom stereocenters. The minimum atomic E-state index is -0.0584. The minimum Gasteiger partial charge on any atom is -0.287 e. The number of halogens is 2. The van der Waals surface area contributed by atoms with E-state index < -0.39 is 0 Å². The second-order valence-corrected chi connectivity index (χ2v) is 6.23. The molecular formula is C15H6Br2N2O. The average Bonchev–Trinajstić information content (AvgIpc) is 2.76. The number of ketones is 1. The number of fused-ring (bicyclic) bond motifs is 4. The van der Waals surface area contributed by atoms with E-state index in [9.17, 15) is 4.79 Å². The molecule has 0 N–H and O–H groups in total. The monoisotopic (exact) mass is 388 g/mol. The zero-order valence-electron chi connectivity index (χ0n) is 10.0. The van der Waals surface area contributed by atoms with Gasteiger partial charge in [0.2, 0.25) is 5.78 Å². The zero-order valence-corrected chi connectivity index (χ0v) is 13.2. The Hall–Kier alpha value is -1.59. The van der Waals surface area contributed by atoms with Gasteiger partial charge in [0.15, 0.2) is 0 Å². The fourth-order valence-corrected chi connectivity index (χ4v) is 3.25. The summed E-state index contributed by atoms with van der Waals surface area (Å²) >= 11 is 6.95. The summed E-state index contributed by atoms with van der Waals surface area (Å²) in [4.78, 5) is 21.6. The molecule has 0 radical (unpaired) electrons. The second kappa shape index (κ2) is 4.20. The number of hydrogen-bond donors (Lipinski definition) is 0. The lowest BCUT2D eigenvalue weighted by Gasteiger charge is -2.05. The molecule has 1 aromatic heterocycles. The molecule has 1 aliphatic rings. The lowest BCUT2D eigenvalue weighted by atomic mass is 10.1. The molecule has 0 atom stereocenters. The summed E-state index contributed by atoms with van der Waals surface area (Å²) in [5.74, 6) is -0.0584. The Bertz CT molecular complexity index is 906. The molecule has 0 aliphatic heterocycles. The Morgan fingerprint density at radius 3 is 1.95 bits per heavy atom. The molecule has 3 nitrogen and oxygen atoms in total. The van der Waals surface area contributed by atoms with E-state index in [1.165, 1.54) is 0 Å². The highest BCUT2D eigenvalue weighted by Crippen LogP contribution is 2.37. The number of nitrogens with zero attached hydrogens (tertiary/aromatic N) is 2. The SMILES string of the molecule is O=C1c2ccccc2-c2nc3c(Br)ccc(Br)c3nc21. The second-order valence-electron chi connectivity index (χ2n) is 4.52. The van der Waals surface area contributed by atoms with Crippen molar-refractivity contribution in [1.29, 1.82) is 0 Å². The summed E-state index contributed by atoms with van der Waals surface area (Å²) in [6.07, 6.45) is 0. The number of hydrogen-bond acceptors (Lipinski definition) is 3. The van der Waals surface area contributed by atoms with Gasteiger partial charge in [-0.15, -0.1) is 0 Å². The van der Waals surface area contributed by atoms with Crippen molar-refractivity contribution in [2.24, 2.45) is 0 Å². The number of carbonyl (C=O) groups is 1. The Morgan fingerprint density at radius 2 is 1.30 bits per heavy atom. The van der Waals surface area contributed by atoms with Crippen LogP contribution in [0.3, 0.4) is 0 Å². The molecule has 20 heavy (non-hydrogen) atoms. The number of aromatic nitrogens is 2. The van der Waals surface area contributed by atoms with E-state index in [4.69, 9.17) is 0 Å². The van der Waals surface area contributed by atoms with E-state index in [2.05, 4.69) is 41.8 Å². The van der Waals surface area contributed by atoms with Crippen LogP contribution in [0.15, 0.2) is 45.3 Å². The Morgan fingerprint density at radius 1 is 0.750 bits per heavy atom. The summed E-state index contributed by atoms with van der Waals surface area (Å²) < 4.78 is 1.69. The first kappa shape index (κ1) is 12.2. The van der Waals surface area contributed by atoms with Crippen molar-refractivity contribution in [2.75, 3.05) is 0 Å². The predicted molar refractivity (Wildman–Crippen MR) is 83.8 cm³/mol. The van der Waals surface area contributed by atoms with Crippen molar-refractivity contribution < 1.29 is 4.79 Å². The van der Waals surface area contributed by atoms with Gasteiger partial charge in [0, 0.05) is 20.1 Å². The van der Waals surface area contributed by atoms with E-state index in [1.807, 2.05) is 36.4 Å². The van der Waals surface area contributed by atoms with Crippen molar-refractivity contribution >= 4 is 48.7 Å². The van der Waals surface area contributed by atoms with Crippen LogP contribution in [0, 0.1) is 0 Å². The largest absolute Gasteiger partial charge is 0.287 e. The third kappa shape index (κ3) is 1.53. The third-order valence-corrected chi connectivity index (χ3v) is 4.65. The van der Waals surface area contributed by atoms with E-state index in [0.29, 0.717) is 22.5 Å². The zero-order chi connectivity index (χ0) is 13.9. The number of benzene rings is 2. The standard InChI is InChI=1S/C15H6Br2N2O/c16-9-5-6-10(17)13-12(9)18-11-7-3-1-2-4-8(7)15(20)14(11)19-13/h1-6H. The van der Waals surface area contributed by atoms with Crippen molar-refractivity contribution in [3.05, 3.63) is 56.6 Å². The summed E-state index contributed by atoms with van der Waals surface area (Å²) in [6.45, 7) is 0. The van der Waals surface area contributed by atoms with E-state index >= 15 is 0 Å². The molecule has 0 fully saturated rings. The van der Waals surface area contributed by atoms with Crippen LogP contribution in [0.5, 0.6) is 0 Å². The first-order chi connectivity index (χ1) is 9.66. The van der Waals surface area contributed by atoms with Gasteiger partial charge >= 0.3 is 0 Å². The highest BCUT2D eigenvalue weighted by Gasteiger charge is 2.30. The highest BCUT2D eigenvalue weighted by molar-refractivity contribution is 9.11. The fraction of sp³-hybridized carbons (Fsp3) is 0. The van der Waals surface area contributed by atoms with Gasteiger partial charge in [0.25, 0.3) is 0 Å². The maximum Gasteiger partial charge on any atom is 0.214 e. The molecule has 0 saturated carbocycles. The first-order valence-corrected chi connectivity index (χ1v) is 7.55. The Kier molecular flexibility index (Phi) is 2.56. The predicted octanol–water partition coefficient (Wildman–Crippen LogP) is 4.37. The quantitative estimate of drug-likeness (QED) is 0.448. The molecule has 0 spiro atoms.